The van der Waals surface area contributed by atoms with Gasteiger partial charge in [0.15, 0.2) is 0 Å². The minimum Gasteiger partial charge on any atom is -0.508 e. The summed E-state index contributed by atoms with van der Waals surface area (Å²) in [6.07, 6.45) is 0. The minimum absolute atomic E-state index is 0.176. The summed E-state index contributed by atoms with van der Waals surface area (Å²) in [4.78, 5) is 9.60. The van der Waals surface area contributed by atoms with E-state index in [4.69, 9.17) is 5.11 Å². The number of benzene rings is 3. The number of carbonyl (C=O) groups is 1. The third kappa shape index (κ3) is 7.47. The van der Waals surface area contributed by atoms with E-state index in [0.717, 1.165) is 22.6 Å². The van der Waals surface area contributed by atoms with E-state index in [1.54, 1.807) is 18.2 Å². The number of azo groups is 2. The van der Waals surface area contributed by atoms with Gasteiger partial charge in [-0.1, -0.05) is 24.8 Å². The number of aliphatic carboxylic acids is 1. The van der Waals surface area contributed by atoms with Crippen molar-refractivity contribution in [2.75, 3.05) is 0 Å². The highest BCUT2D eigenvalue weighted by Crippen LogP contribution is 2.25. The predicted octanol–water partition coefficient (Wildman–Crippen LogP) is 7.18. The van der Waals surface area contributed by atoms with E-state index in [1.807, 2.05) is 61.5 Å². The Morgan fingerprint density at radius 1 is 0.767 bits per heavy atom. The van der Waals surface area contributed by atoms with Crippen molar-refractivity contribution in [1.82, 2.24) is 0 Å². The van der Waals surface area contributed by atoms with Crippen LogP contribution in [0.4, 0.5) is 22.7 Å². The maximum atomic E-state index is 9.60. The van der Waals surface area contributed by atoms with Crippen molar-refractivity contribution in [3.8, 4) is 5.75 Å². The Morgan fingerprint density at radius 3 is 1.60 bits per heavy atom. The lowest BCUT2D eigenvalue weighted by molar-refractivity contribution is -0.132. The summed E-state index contributed by atoms with van der Waals surface area (Å²) in [5.41, 5.74) is 3.91. The Kier molecular flexibility index (Phi) is 8.14. The Bertz CT molecular complexity index is 1050. The highest BCUT2D eigenvalue weighted by Gasteiger charge is 1.97. The van der Waals surface area contributed by atoms with Gasteiger partial charge < -0.3 is 10.2 Å². The molecule has 2 N–H and O–H groups in total. The number of hydrogen-bond acceptors (Lipinski definition) is 6. The van der Waals surface area contributed by atoms with Gasteiger partial charge in [-0.15, -0.1) is 0 Å². The summed E-state index contributed by atoms with van der Waals surface area (Å²) in [6.45, 7) is 6.42. The number of carboxylic acid groups (broad SMARTS) is 1. The van der Waals surface area contributed by atoms with Crippen molar-refractivity contribution in [2.24, 2.45) is 20.5 Å². The number of carboxylic acids is 1. The van der Waals surface area contributed by atoms with Crippen LogP contribution < -0.4 is 0 Å². The largest absolute Gasteiger partial charge is 0.508 e. The molecular formula is C23H22N4O3. The van der Waals surface area contributed by atoms with Crippen LogP contribution in [0.25, 0.3) is 0 Å². The second-order valence-electron chi connectivity index (χ2n) is 6.31. The Hall–Kier alpha value is -4.13. The molecule has 152 valence electrons. The van der Waals surface area contributed by atoms with Crippen LogP contribution in [0.3, 0.4) is 0 Å². The first-order valence-corrected chi connectivity index (χ1v) is 9.02. The summed E-state index contributed by atoms with van der Waals surface area (Å²) >= 11 is 0. The lowest BCUT2D eigenvalue weighted by Gasteiger charge is -1.99. The van der Waals surface area contributed by atoms with Crippen LogP contribution in [0.1, 0.15) is 12.5 Å². The van der Waals surface area contributed by atoms with Gasteiger partial charge >= 0.3 is 5.97 Å². The molecule has 3 aromatic carbocycles. The number of rotatable bonds is 5. The maximum absolute atomic E-state index is 9.60. The van der Waals surface area contributed by atoms with Gasteiger partial charge in [0, 0.05) is 5.57 Å². The molecule has 0 fully saturated rings. The average Bonchev–Trinajstić information content (AvgIpc) is 2.75. The fraction of sp³-hybridized carbons (Fsp3) is 0.0870. The lowest BCUT2D eigenvalue weighted by atomic mass is 10.2. The Balaban J connectivity index is 0.000000469. The maximum Gasteiger partial charge on any atom is 0.330 e. The molecule has 0 unspecified atom stereocenters. The molecule has 0 aliphatic carbocycles. The SMILES string of the molecule is C=C(C)C(=O)O.Cc1cc(/N=N/c2ccc(/N=N/c3ccccc3)cc2)ccc1O. The number of phenolic OH excluding ortho intramolecular Hbond substituents is 1. The van der Waals surface area contributed by atoms with Crippen molar-refractivity contribution < 1.29 is 15.0 Å². The number of aryl methyl sites for hydroxylation is 1. The first-order chi connectivity index (χ1) is 14.3. The van der Waals surface area contributed by atoms with Crippen LogP contribution >= 0.6 is 0 Å². The molecule has 0 heterocycles. The average molecular weight is 402 g/mol. The summed E-state index contributed by atoms with van der Waals surface area (Å²) in [6, 6.07) is 22.0. The minimum atomic E-state index is -0.935. The molecule has 3 rings (SSSR count). The van der Waals surface area contributed by atoms with Crippen molar-refractivity contribution in [3.05, 3.63) is 90.5 Å². The van der Waals surface area contributed by atoms with Crippen LogP contribution in [0, 0.1) is 6.92 Å². The first kappa shape index (κ1) is 22.2. The molecule has 0 saturated carbocycles. The van der Waals surface area contributed by atoms with E-state index in [1.165, 1.54) is 6.92 Å². The standard InChI is InChI=1S/C19H16N4O.C4H6O2/c1-14-13-18(11-12-19(14)24)23-22-17-9-7-16(8-10-17)21-20-15-5-3-2-4-6-15;1-3(2)4(5)6/h2-13,24H,1H3;1H2,2H3,(H,5,6)/b21-20+,23-22+;. The zero-order chi connectivity index (χ0) is 21.9. The van der Waals surface area contributed by atoms with Gasteiger partial charge in [0.05, 0.1) is 22.7 Å². The first-order valence-electron chi connectivity index (χ1n) is 9.02. The molecule has 0 saturated heterocycles. The predicted molar refractivity (Wildman–Crippen MR) is 117 cm³/mol. The molecule has 0 bridgehead atoms. The Labute approximate surface area is 174 Å². The molecule has 30 heavy (non-hydrogen) atoms. The third-order valence-electron chi connectivity index (χ3n) is 3.71. The molecule has 0 atom stereocenters. The lowest BCUT2D eigenvalue weighted by Crippen LogP contribution is -1.92. The summed E-state index contributed by atoms with van der Waals surface area (Å²) < 4.78 is 0. The normalized spacial score (nSPS) is 10.6. The van der Waals surface area contributed by atoms with Gasteiger partial charge in [0.1, 0.15) is 5.75 Å². The number of hydrogen-bond donors (Lipinski definition) is 2. The van der Waals surface area contributed by atoms with Crippen LogP contribution in [0.15, 0.2) is 105 Å². The highest BCUT2D eigenvalue weighted by molar-refractivity contribution is 5.84. The summed E-state index contributed by atoms with van der Waals surface area (Å²) in [5.74, 6) is -0.683. The second-order valence-corrected chi connectivity index (χ2v) is 6.31. The quantitative estimate of drug-likeness (QED) is 0.348. The molecule has 0 aliphatic heterocycles. The molecule has 7 nitrogen and oxygen atoms in total. The zero-order valence-electron chi connectivity index (χ0n) is 16.7. The van der Waals surface area contributed by atoms with Crippen LogP contribution in [0.5, 0.6) is 5.75 Å². The fourth-order valence-electron chi connectivity index (χ4n) is 2.01. The number of nitrogens with zero attached hydrogens (tertiary/aromatic N) is 4. The van der Waals surface area contributed by atoms with Crippen molar-refractivity contribution in [3.63, 3.8) is 0 Å². The van der Waals surface area contributed by atoms with Gasteiger partial charge in [-0.25, -0.2) is 4.79 Å². The van der Waals surface area contributed by atoms with Crippen molar-refractivity contribution in [2.45, 2.75) is 13.8 Å². The second kappa shape index (κ2) is 11.0. The smallest absolute Gasteiger partial charge is 0.330 e. The van der Waals surface area contributed by atoms with Gasteiger partial charge in [0.25, 0.3) is 0 Å². The van der Waals surface area contributed by atoms with Gasteiger partial charge in [0.2, 0.25) is 0 Å². The van der Waals surface area contributed by atoms with Crippen molar-refractivity contribution in [1.29, 1.82) is 0 Å². The molecule has 0 aromatic heterocycles. The van der Waals surface area contributed by atoms with E-state index in [-0.39, 0.29) is 11.3 Å². The summed E-state index contributed by atoms with van der Waals surface area (Å²) in [7, 11) is 0. The third-order valence-corrected chi connectivity index (χ3v) is 3.71. The number of aromatic hydroxyl groups is 1. The monoisotopic (exact) mass is 402 g/mol. The highest BCUT2D eigenvalue weighted by atomic mass is 16.4. The van der Waals surface area contributed by atoms with Crippen LogP contribution in [0.2, 0.25) is 0 Å². The van der Waals surface area contributed by atoms with Gasteiger partial charge in [-0.2, -0.15) is 20.5 Å². The van der Waals surface area contributed by atoms with E-state index in [0.29, 0.717) is 5.69 Å². The summed E-state index contributed by atoms with van der Waals surface area (Å²) in [5, 5.41) is 34.1. The topological polar surface area (TPSA) is 107 Å². The molecule has 0 spiro atoms. The van der Waals surface area contributed by atoms with E-state index >= 15 is 0 Å². The molecule has 0 radical (unpaired) electrons. The van der Waals surface area contributed by atoms with Crippen LogP contribution in [-0.2, 0) is 4.79 Å². The van der Waals surface area contributed by atoms with E-state index < -0.39 is 5.97 Å². The molecule has 0 amide bonds. The number of phenols is 1. The molecule has 3 aromatic rings. The Morgan fingerprint density at radius 2 is 1.17 bits per heavy atom. The van der Waals surface area contributed by atoms with Gasteiger partial charge in [-0.05, 0) is 74.0 Å². The van der Waals surface area contributed by atoms with Crippen LogP contribution in [-0.4, -0.2) is 16.2 Å². The molecule has 0 aliphatic rings. The fourth-order valence-corrected chi connectivity index (χ4v) is 2.01. The molecular weight excluding hydrogens is 380 g/mol. The van der Waals surface area contributed by atoms with Crippen molar-refractivity contribution >= 4 is 28.7 Å². The van der Waals surface area contributed by atoms with E-state index in [2.05, 4.69) is 27.0 Å². The van der Waals surface area contributed by atoms with E-state index in [9.17, 15) is 9.90 Å². The van der Waals surface area contributed by atoms with Gasteiger partial charge in [-0.3, -0.25) is 0 Å². The molecule has 7 heteroatoms. The zero-order valence-corrected chi connectivity index (χ0v) is 16.7.